The molecule has 0 radical (unpaired) electrons. The first-order valence-corrected chi connectivity index (χ1v) is 8.83. The Balaban J connectivity index is 2.61. The van der Waals surface area contributed by atoms with Crippen molar-refractivity contribution in [3.8, 4) is 0 Å². The quantitative estimate of drug-likeness (QED) is 0.434. The maximum absolute atomic E-state index is 14.2. The van der Waals surface area contributed by atoms with Gasteiger partial charge in [0.15, 0.2) is 0 Å². The number of halogens is 10. The van der Waals surface area contributed by atoms with Crippen LogP contribution in [-0.4, -0.2) is 23.2 Å². The number of carboxylic acids is 1. The summed E-state index contributed by atoms with van der Waals surface area (Å²) in [7, 11) is 0. The van der Waals surface area contributed by atoms with E-state index in [0.29, 0.717) is 24.3 Å². The third-order valence-electron chi connectivity index (χ3n) is 4.07. The molecule has 0 aliphatic heterocycles. The van der Waals surface area contributed by atoms with E-state index >= 15 is 0 Å². The lowest BCUT2D eigenvalue weighted by Gasteiger charge is -2.27. The van der Waals surface area contributed by atoms with Crippen LogP contribution in [0.15, 0.2) is 42.5 Å². The Bertz CT molecular complexity index is 993. The zero-order chi connectivity index (χ0) is 23.8. The standard InChI is InChI=1S/C19H10Cl2F8O2/c20-11-6-10(7-12(21)8-11)14(17(22,23)19(27,28)29)4-2-9-1-3-13(16(30)31)15(5-9)18(24,25)26/h1-8,14H,(H,30,31). The molecule has 0 aliphatic carbocycles. The predicted octanol–water partition coefficient (Wildman–Crippen LogP) is 7.71. The smallest absolute Gasteiger partial charge is 0.454 e. The van der Waals surface area contributed by atoms with Gasteiger partial charge in [-0.1, -0.05) is 41.4 Å². The Kier molecular flexibility index (Phi) is 6.97. The van der Waals surface area contributed by atoms with Gasteiger partial charge in [-0.3, -0.25) is 0 Å². The van der Waals surface area contributed by atoms with Crippen molar-refractivity contribution in [3.05, 3.63) is 74.8 Å². The fourth-order valence-corrected chi connectivity index (χ4v) is 3.21. The molecule has 2 aromatic rings. The summed E-state index contributed by atoms with van der Waals surface area (Å²) < 4.78 is 107. The van der Waals surface area contributed by atoms with Crippen LogP contribution in [0.4, 0.5) is 35.1 Å². The van der Waals surface area contributed by atoms with Gasteiger partial charge >= 0.3 is 24.2 Å². The van der Waals surface area contributed by atoms with E-state index in [-0.39, 0.29) is 10.0 Å². The summed E-state index contributed by atoms with van der Waals surface area (Å²) in [4.78, 5) is 11.0. The fraction of sp³-hybridized carbons (Fsp3) is 0.211. The van der Waals surface area contributed by atoms with Crippen LogP contribution in [0, 0.1) is 0 Å². The van der Waals surface area contributed by atoms with Gasteiger partial charge < -0.3 is 5.11 Å². The van der Waals surface area contributed by atoms with Crippen LogP contribution in [0.3, 0.4) is 0 Å². The van der Waals surface area contributed by atoms with Crippen molar-refractivity contribution in [2.45, 2.75) is 24.2 Å². The van der Waals surface area contributed by atoms with Crippen LogP contribution in [0.5, 0.6) is 0 Å². The Hall–Kier alpha value is -2.33. The highest BCUT2D eigenvalue weighted by Gasteiger charge is 2.61. The molecule has 2 aromatic carbocycles. The monoisotopic (exact) mass is 492 g/mol. The lowest BCUT2D eigenvalue weighted by atomic mass is 9.90. The van der Waals surface area contributed by atoms with Gasteiger partial charge in [0.2, 0.25) is 0 Å². The van der Waals surface area contributed by atoms with Gasteiger partial charge in [-0.15, -0.1) is 0 Å². The Morgan fingerprint density at radius 1 is 0.903 bits per heavy atom. The first-order valence-electron chi connectivity index (χ1n) is 8.07. The van der Waals surface area contributed by atoms with E-state index in [4.69, 9.17) is 28.3 Å². The molecule has 1 N–H and O–H groups in total. The summed E-state index contributed by atoms with van der Waals surface area (Å²) in [6, 6.07) is 4.46. The molecular weight excluding hydrogens is 483 g/mol. The van der Waals surface area contributed by atoms with Gasteiger partial charge in [-0.2, -0.15) is 35.1 Å². The first-order chi connectivity index (χ1) is 14.0. The largest absolute Gasteiger partial charge is 0.478 e. The molecule has 0 fully saturated rings. The highest BCUT2D eigenvalue weighted by atomic mass is 35.5. The highest BCUT2D eigenvalue weighted by Crippen LogP contribution is 2.47. The molecule has 1 unspecified atom stereocenters. The zero-order valence-corrected chi connectivity index (χ0v) is 16.3. The Morgan fingerprint density at radius 3 is 1.90 bits per heavy atom. The number of alkyl halides is 8. The second-order valence-electron chi connectivity index (χ2n) is 6.27. The molecular formula is C19H10Cl2F8O2. The van der Waals surface area contributed by atoms with Crippen LogP contribution >= 0.6 is 23.2 Å². The molecule has 0 aliphatic rings. The number of hydrogen-bond donors (Lipinski definition) is 1. The number of carbonyl (C=O) groups is 1. The van der Waals surface area contributed by atoms with Crippen molar-refractivity contribution in [1.29, 1.82) is 0 Å². The van der Waals surface area contributed by atoms with Crippen LogP contribution in [0.1, 0.15) is 33.0 Å². The fourth-order valence-electron chi connectivity index (χ4n) is 2.67. The maximum atomic E-state index is 14.2. The van der Waals surface area contributed by atoms with Crippen LogP contribution in [0.25, 0.3) is 6.08 Å². The topological polar surface area (TPSA) is 37.3 Å². The summed E-state index contributed by atoms with van der Waals surface area (Å²) in [5.41, 5.74) is -3.78. The average Bonchev–Trinajstić information content (AvgIpc) is 2.58. The normalized spacial score (nSPS) is 14.1. The number of rotatable bonds is 5. The van der Waals surface area contributed by atoms with Gasteiger partial charge in [0.1, 0.15) is 0 Å². The summed E-state index contributed by atoms with van der Waals surface area (Å²) in [6.07, 6.45) is -10.2. The number of aromatic carboxylic acids is 1. The van der Waals surface area contributed by atoms with Crippen molar-refractivity contribution >= 4 is 35.2 Å². The molecule has 0 spiro atoms. The number of hydrogen-bond acceptors (Lipinski definition) is 1. The van der Waals surface area contributed by atoms with Gasteiger partial charge in [0.05, 0.1) is 17.0 Å². The molecule has 12 heteroatoms. The molecule has 0 aromatic heterocycles. The van der Waals surface area contributed by atoms with Crippen molar-refractivity contribution < 1.29 is 45.0 Å². The van der Waals surface area contributed by atoms with Crippen molar-refractivity contribution in [2.75, 3.05) is 0 Å². The van der Waals surface area contributed by atoms with Crippen LogP contribution < -0.4 is 0 Å². The molecule has 2 rings (SSSR count). The van der Waals surface area contributed by atoms with Crippen molar-refractivity contribution in [3.63, 3.8) is 0 Å². The van der Waals surface area contributed by atoms with Crippen LogP contribution in [0.2, 0.25) is 10.0 Å². The second kappa shape index (κ2) is 8.66. The summed E-state index contributed by atoms with van der Waals surface area (Å²) >= 11 is 11.4. The third kappa shape index (κ3) is 5.68. The van der Waals surface area contributed by atoms with E-state index < -0.39 is 52.4 Å². The molecule has 0 saturated heterocycles. The molecule has 0 saturated carbocycles. The summed E-state index contributed by atoms with van der Waals surface area (Å²) in [6.45, 7) is 0. The van der Waals surface area contributed by atoms with E-state index in [1.54, 1.807) is 0 Å². The van der Waals surface area contributed by atoms with E-state index in [1.807, 2.05) is 0 Å². The number of carboxylic acid groups (broad SMARTS) is 1. The molecule has 168 valence electrons. The van der Waals surface area contributed by atoms with Crippen molar-refractivity contribution in [2.24, 2.45) is 0 Å². The summed E-state index contributed by atoms with van der Waals surface area (Å²) in [5, 5.41) is 8.40. The molecule has 0 bridgehead atoms. The Labute approximate surface area is 179 Å². The van der Waals surface area contributed by atoms with Gasteiger partial charge in [-0.25, -0.2) is 4.79 Å². The van der Waals surface area contributed by atoms with Crippen LogP contribution in [-0.2, 0) is 6.18 Å². The van der Waals surface area contributed by atoms with E-state index in [0.717, 1.165) is 24.3 Å². The second-order valence-corrected chi connectivity index (χ2v) is 7.14. The van der Waals surface area contributed by atoms with E-state index in [2.05, 4.69) is 0 Å². The van der Waals surface area contributed by atoms with E-state index in [1.165, 1.54) is 0 Å². The minimum absolute atomic E-state index is 0.232. The zero-order valence-electron chi connectivity index (χ0n) is 14.8. The molecule has 1 atom stereocenters. The molecule has 0 amide bonds. The lowest BCUT2D eigenvalue weighted by Crippen LogP contribution is -2.41. The average molecular weight is 493 g/mol. The summed E-state index contributed by atoms with van der Waals surface area (Å²) in [5.74, 6) is -9.90. The van der Waals surface area contributed by atoms with Gasteiger partial charge in [-0.05, 0) is 41.5 Å². The van der Waals surface area contributed by atoms with E-state index in [9.17, 15) is 39.9 Å². The SMILES string of the molecule is O=C(O)c1ccc(C=CC(c2cc(Cl)cc(Cl)c2)C(F)(F)C(F)(F)F)cc1C(F)(F)F. The maximum Gasteiger partial charge on any atom is 0.454 e. The first kappa shape index (κ1) is 24.9. The van der Waals surface area contributed by atoms with Gasteiger partial charge in [0, 0.05) is 10.0 Å². The number of allylic oxidation sites excluding steroid dienone is 1. The minimum atomic E-state index is -6.00. The molecule has 2 nitrogen and oxygen atoms in total. The predicted molar refractivity (Wildman–Crippen MR) is 97.6 cm³/mol. The number of benzene rings is 2. The molecule has 31 heavy (non-hydrogen) atoms. The lowest BCUT2D eigenvalue weighted by molar-refractivity contribution is -0.286. The third-order valence-corrected chi connectivity index (χ3v) is 4.51. The minimum Gasteiger partial charge on any atom is -0.478 e. The highest BCUT2D eigenvalue weighted by molar-refractivity contribution is 6.34. The van der Waals surface area contributed by atoms with Crippen molar-refractivity contribution in [1.82, 2.24) is 0 Å². The molecule has 0 heterocycles. The van der Waals surface area contributed by atoms with Gasteiger partial charge in [0.25, 0.3) is 0 Å². The Morgan fingerprint density at radius 2 is 1.45 bits per heavy atom.